The Bertz CT molecular complexity index is 1260. The lowest BCUT2D eigenvalue weighted by Crippen LogP contribution is -2.42. The molecule has 0 aliphatic carbocycles. The van der Waals surface area contributed by atoms with Crippen molar-refractivity contribution in [2.45, 2.75) is 52.5 Å². The van der Waals surface area contributed by atoms with Crippen LogP contribution in [0.4, 0.5) is 5.69 Å². The fraction of sp³-hybridized carbons (Fsp3) is 0.562. The topological polar surface area (TPSA) is 81.2 Å². The van der Waals surface area contributed by atoms with Crippen LogP contribution in [0.2, 0.25) is 0 Å². The summed E-state index contributed by atoms with van der Waals surface area (Å²) in [7, 11) is -3.20. The van der Waals surface area contributed by atoms with E-state index < -0.39 is 10.0 Å². The molecular weight excluding hydrogens is 536 g/mol. The molecule has 0 bridgehead atoms. The molecule has 2 aliphatic heterocycles. The Morgan fingerprint density at radius 1 is 0.854 bits per heavy atom. The third-order valence-electron chi connectivity index (χ3n) is 8.17. The molecule has 8 nitrogen and oxygen atoms in total. The zero-order chi connectivity index (χ0) is 29.4. The van der Waals surface area contributed by atoms with E-state index in [9.17, 15) is 18.0 Å². The minimum absolute atomic E-state index is 0.0637. The summed E-state index contributed by atoms with van der Waals surface area (Å²) in [5, 5.41) is 0. The van der Waals surface area contributed by atoms with E-state index in [2.05, 4.69) is 18.7 Å². The number of anilines is 1. The fourth-order valence-electron chi connectivity index (χ4n) is 6.00. The number of hydrogen-bond acceptors (Lipinski definition) is 5. The van der Waals surface area contributed by atoms with Crippen LogP contribution in [0.25, 0.3) is 0 Å². The second-order valence-electron chi connectivity index (χ2n) is 12.0. The normalized spacial score (nSPS) is 18.6. The minimum atomic E-state index is -3.20. The molecular formula is C32H46N4O4S. The average Bonchev–Trinajstić information content (AvgIpc) is 2.96. The molecule has 1 fully saturated rings. The Morgan fingerprint density at radius 3 is 2.22 bits per heavy atom. The Kier molecular flexibility index (Phi) is 11.0. The van der Waals surface area contributed by atoms with E-state index >= 15 is 0 Å². The highest BCUT2D eigenvalue weighted by atomic mass is 32.2. The Hall–Kier alpha value is -2.75. The fourth-order valence-corrected chi connectivity index (χ4v) is 6.87. The van der Waals surface area contributed by atoms with Crippen LogP contribution in [0, 0.1) is 11.8 Å². The van der Waals surface area contributed by atoms with Crippen molar-refractivity contribution >= 4 is 27.5 Å². The van der Waals surface area contributed by atoms with Gasteiger partial charge in [-0.3, -0.25) is 9.59 Å². The van der Waals surface area contributed by atoms with Gasteiger partial charge in [-0.15, -0.1) is 0 Å². The number of para-hydroxylation sites is 1. The van der Waals surface area contributed by atoms with Crippen LogP contribution in [0.1, 0.15) is 50.7 Å². The molecule has 41 heavy (non-hydrogen) atoms. The van der Waals surface area contributed by atoms with Crippen LogP contribution >= 0.6 is 0 Å². The number of nitrogens with zero attached hydrogens (tertiary/aromatic N) is 4. The number of piperidine rings is 1. The van der Waals surface area contributed by atoms with Crippen LogP contribution in [0.5, 0.6) is 0 Å². The van der Waals surface area contributed by atoms with Crippen molar-refractivity contribution in [1.82, 2.24) is 14.1 Å². The quantitative estimate of drug-likeness (QED) is 0.493. The van der Waals surface area contributed by atoms with E-state index in [4.69, 9.17) is 0 Å². The van der Waals surface area contributed by atoms with E-state index in [0.717, 1.165) is 42.9 Å². The molecule has 0 N–H and O–H groups in total. The SMILES string of the molecule is CC(C)CN1CCCN(C(=O)Cc2ccccc2)c2ccccc2CN(C(=O)CC2CCN(S(C)(=O)=O)CC2)CC1. The molecule has 1 saturated heterocycles. The summed E-state index contributed by atoms with van der Waals surface area (Å²) in [6, 6.07) is 17.8. The van der Waals surface area contributed by atoms with Gasteiger partial charge in [-0.1, -0.05) is 62.4 Å². The van der Waals surface area contributed by atoms with E-state index in [-0.39, 0.29) is 17.7 Å². The molecule has 4 rings (SSSR count). The third kappa shape index (κ3) is 9.12. The predicted octanol–water partition coefficient (Wildman–Crippen LogP) is 4.01. The molecule has 0 radical (unpaired) electrons. The van der Waals surface area contributed by atoms with Gasteiger partial charge >= 0.3 is 0 Å². The summed E-state index contributed by atoms with van der Waals surface area (Å²) in [6.07, 6.45) is 4.25. The Balaban J connectivity index is 1.56. The number of carbonyl (C=O) groups is 2. The maximum absolute atomic E-state index is 13.8. The molecule has 0 atom stereocenters. The van der Waals surface area contributed by atoms with Crippen molar-refractivity contribution in [2.75, 3.05) is 57.0 Å². The summed E-state index contributed by atoms with van der Waals surface area (Å²) in [5.74, 6) is 0.833. The van der Waals surface area contributed by atoms with Crippen molar-refractivity contribution < 1.29 is 18.0 Å². The molecule has 2 aromatic rings. The highest BCUT2D eigenvalue weighted by Crippen LogP contribution is 2.27. The van der Waals surface area contributed by atoms with Crippen LogP contribution < -0.4 is 4.90 Å². The number of amides is 2. The van der Waals surface area contributed by atoms with Gasteiger partial charge in [0.05, 0.1) is 12.7 Å². The lowest BCUT2D eigenvalue weighted by molar-refractivity contribution is -0.133. The molecule has 2 aliphatic rings. The first-order chi connectivity index (χ1) is 19.6. The predicted molar refractivity (Wildman–Crippen MR) is 164 cm³/mol. The average molecular weight is 583 g/mol. The first-order valence-electron chi connectivity index (χ1n) is 15.0. The molecule has 2 amide bonds. The number of rotatable bonds is 7. The van der Waals surface area contributed by atoms with Crippen molar-refractivity contribution in [3.05, 3.63) is 65.7 Å². The Labute approximate surface area is 246 Å². The maximum atomic E-state index is 13.8. The second-order valence-corrected chi connectivity index (χ2v) is 14.0. The number of fused-ring (bicyclic) bond motifs is 1. The van der Waals surface area contributed by atoms with Crippen molar-refractivity contribution in [3.8, 4) is 0 Å². The van der Waals surface area contributed by atoms with Gasteiger partial charge in [0.25, 0.3) is 0 Å². The van der Waals surface area contributed by atoms with Gasteiger partial charge in [0, 0.05) is 57.9 Å². The smallest absolute Gasteiger partial charge is 0.231 e. The van der Waals surface area contributed by atoms with Gasteiger partial charge in [0.2, 0.25) is 21.8 Å². The lowest BCUT2D eigenvalue weighted by Gasteiger charge is -2.32. The summed E-state index contributed by atoms with van der Waals surface area (Å²) < 4.78 is 25.4. The van der Waals surface area contributed by atoms with Crippen LogP contribution in [0.3, 0.4) is 0 Å². The lowest BCUT2D eigenvalue weighted by atomic mass is 9.94. The van der Waals surface area contributed by atoms with Gasteiger partial charge in [-0.05, 0) is 54.8 Å². The third-order valence-corrected chi connectivity index (χ3v) is 9.47. The Morgan fingerprint density at radius 2 is 1.54 bits per heavy atom. The van der Waals surface area contributed by atoms with Crippen molar-refractivity contribution in [3.63, 3.8) is 0 Å². The van der Waals surface area contributed by atoms with E-state index in [1.165, 1.54) is 10.6 Å². The standard InChI is InChI=1S/C32H46N4O4S/c1-26(2)24-33-16-9-17-36(32(38)23-27-10-5-4-6-11-27)30-13-8-7-12-29(30)25-34(21-20-33)31(37)22-28-14-18-35(19-15-28)41(3,39)40/h4-8,10-13,26,28H,9,14-25H2,1-3H3. The molecule has 0 spiro atoms. The zero-order valence-electron chi connectivity index (χ0n) is 24.9. The van der Waals surface area contributed by atoms with Crippen molar-refractivity contribution in [1.29, 1.82) is 0 Å². The monoisotopic (exact) mass is 582 g/mol. The van der Waals surface area contributed by atoms with E-state index in [1.54, 1.807) is 0 Å². The van der Waals surface area contributed by atoms with Gasteiger partial charge in [-0.2, -0.15) is 0 Å². The van der Waals surface area contributed by atoms with Gasteiger partial charge in [-0.25, -0.2) is 12.7 Å². The molecule has 224 valence electrons. The number of benzene rings is 2. The number of sulfonamides is 1. The summed E-state index contributed by atoms with van der Waals surface area (Å²) >= 11 is 0. The maximum Gasteiger partial charge on any atom is 0.231 e. The summed E-state index contributed by atoms with van der Waals surface area (Å²) in [6.45, 7) is 9.66. The molecule has 0 aromatic heterocycles. The molecule has 0 saturated carbocycles. The number of carbonyl (C=O) groups excluding carboxylic acids is 2. The highest BCUT2D eigenvalue weighted by molar-refractivity contribution is 7.88. The van der Waals surface area contributed by atoms with E-state index in [1.807, 2.05) is 64.4 Å². The van der Waals surface area contributed by atoms with Crippen LogP contribution in [-0.4, -0.2) is 86.4 Å². The second kappa shape index (κ2) is 14.4. The largest absolute Gasteiger partial charge is 0.337 e. The molecule has 0 unspecified atom stereocenters. The zero-order valence-corrected chi connectivity index (χ0v) is 25.7. The van der Waals surface area contributed by atoms with Gasteiger partial charge in [0.15, 0.2) is 0 Å². The summed E-state index contributed by atoms with van der Waals surface area (Å²) in [4.78, 5) is 33.8. The first-order valence-corrected chi connectivity index (χ1v) is 16.8. The van der Waals surface area contributed by atoms with Crippen LogP contribution in [-0.2, 0) is 32.6 Å². The first kappa shape index (κ1) is 31.2. The minimum Gasteiger partial charge on any atom is -0.337 e. The van der Waals surface area contributed by atoms with Crippen molar-refractivity contribution in [2.24, 2.45) is 11.8 Å². The number of hydrogen-bond donors (Lipinski definition) is 0. The van der Waals surface area contributed by atoms with Crippen LogP contribution in [0.15, 0.2) is 54.6 Å². The van der Waals surface area contributed by atoms with E-state index in [0.29, 0.717) is 64.3 Å². The summed E-state index contributed by atoms with van der Waals surface area (Å²) in [5.41, 5.74) is 2.85. The highest BCUT2D eigenvalue weighted by Gasteiger charge is 2.29. The molecule has 2 heterocycles. The molecule has 9 heteroatoms. The van der Waals surface area contributed by atoms with Gasteiger partial charge < -0.3 is 14.7 Å². The molecule has 2 aromatic carbocycles. The van der Waals surface area contributed by atoms with Gasteiger partial charge in [0.1, 0.15) is 0 Å².